The van der Waals surface area contributed by atoms with Gasteiger partial charge in [0.1, 0.15) is 0 Å². The molecule has 0 aromatic rings. The Morgan fingerprint density at radius 1 is 1.20 bits per heavy atom. The van der Waals surface area contributed by atoms with Gasteiger partial charge in [-0.2, -0.15) is 0 Å². The van der Waals surface area contributed by atoms with Gasteiger partial charge >= 0.3 is 0 Å². The zero-order valence-electron chi connectivity index (χ0n) is 9.45. The Kier molecular flexibility index (Phi) is 3.97. The fourth-order valence-corrected chi connectivity index (χ4v) is 2.72. The summed E-state index contributed by atoms with van der Waals surface area (Å²) >= 11 is 0. The Labute approximate surface area is 91.5 Å². The van der Waals surface area contributed by atoms with Crippen LogP contribution in [0.3, 0.4) is 0 Å². The average Bonchev–Trinajstić information content (AvgIpc) is 2.68. The maximum absolute atomic E-state index is 5.88. The zero-order valence-corrected chi connectivity index (χ0v) is 9.45. The van der Waals surface area contributed by atoms with Crippen molar-refractivity contribution in [3.8, 4) is 0 Å². The van der Waals surface area contributed by atoms with Crippen LogP contribution < -0.4 is 11.3 Å². The van der Waals surface area contributed by atoms with Crippen LogP contribution in [0.4, 0.5) is 0 Å². The lowest BCUT2D eigenvalue weighted by Gasteiger charge is -2.33. The van der Waals surface area contributed by atoms with Gasteiger partial charge in [-0.3, -0.25) is 11.3 Å². The van der Waals surface area contributed by atoms with Gasteiger partial charge in [0, 0.05) is 13.2 Å². The molecule has 0 radical (unpaired) electrons. The predicted molar refractivity (Wildman–Crippen MR) is 58.2 cm³/mol. The molecule has 2 fully saturated rings. The van der Waals surface area contributed by atoms with Crippen LogP contribution in [0.5, 0.6) is 0 Å². The van der Waals surface area contributed by atoms with Crippen LogP contribution in [-0.4, -0.2) is 31.5 Å². The monoisotopic (exact) mass is 214 g/mol. The number of nitrogens with one attached hydrogen (secondary N) is 1. The smallest absolute Gasteiger partial charge is 0.0748 e. The molecule has 0 aromatic carbocycles. The first kappa shape index (κ1) is 11.3. The van der Waals surface area contributed by atoms with Crippen LogP contribution in [0, 0.1) is 5.92 Å². The lowest BCUT2D eigenvalue weighted by Crippen LogP contribution is -2.50. The van der Waals surface area contributed by atoms with Crippen molar-refractivity contribution in [1.29, 1.82) is 0 Å². The van der Waals surface area contributed by atoms with Gasteiger partial charge in [0.05, 0.1) is 18.2 Å². The van der Waals surface area contributed by atoms with E-state index in [-0.39, 0.29) is 0 Å². The minimum atomic E-state index is 0.299. The summed E-state index contributed by atoms with van der Waals surface area (Å²) in [7, 11) is 0. The fraction of sp³-hybridized carbons (Fsp3) is 1.00. The Morgan fingerprint density at radius 2 is 1.93 bits per heavy atom. The molecule has 2 saturated heterocycles. The standard InChI is InChI=1S/C11H22N2O2/c1-8-2-3-10(15-8)11(13-12)9-4-6-14-7-5-9/h8-11,13H,2-7,12H2,1H3. The quantitative estimate of drug-likeness (QED) is 0.539. The third-order valence-electron chi connectivity index (χ3n) is 3.63. The van der Waals surface area contributed by atoms with Gasteiger partial charge < -0.3 is 9.47 Å². The highest BCUT2D eigenvalue weighted by atomic mass is 16.5. The number of ether oxygens (including phenoxy) is 2. The van der Waals surface area contributed by atoms with E-state index < -0.39 is 0 Å². The number of hydrogen-bond acceptors (Lipinski definition) is 4. The van der Waals surface area contributed by atoms with E-state index in [4.69, 9.17) is 15.3 Å². The minimum Gasteiger partial charge on any atom is -0.381 e. The zero-order chi connectivity index (χ0) is 10.7. The molecule has 2 aliphatic heterocycles. The molecule has 2 heterocycles. The van der Waals surface area contributed by atoms with Gasteiger partial charge in [0.2, 0.25) is 0 Å². The fourth-order valence-electron chi connectivity index (χ4n) is 2.72. The second-order valence-electron chi connectivity index (χ2n) is 4.70. The van der Waals surface area contributed by atoms with E-state index in [1.807, 2.05) is 0 Å². The Morgan fingerprint density at radius 3 is 2.47 bits per heavy atom. The van der Waals surface area contributed by atoms with Gasteiger partial charge in [-0.1, -0.05) is 0 Å². The molecule has 0 bridgehead atoms. The van der Waals surface area contributed by atoms with Crippen molar-refractivity contribution >= 4 is 0 Å². The van der Waals surface area contributed by atoms with Gasteiger partial charge in [-0.15, -0.1) is 0 Å². The molecule has 4 heteroatoms. The van der Waals surface area contributed by atoms with E-state index in [1.54, 1.807) is 0 Å². The normalized spacial score (nSPS) is 35.6. The lowest BCUT2D eigenvalue weighted by atomic mass is 9.88. The molecule has 0 saturated carbocycles. The maximum Gasteiger partial charge on any atom is 0.0748 e. The maximum atomic E-state index is 5.88. The molecular formula is C11H22N2O2. The van der Waals surface area contributed by atoms with Crippen LogP contribution in [0.15, 0.2) is 0 Å². The number of nitrogens with two attached hydrogens (primary N) is 1. The molecule has 0 amide bonds. The van der Waals surface area contributed by atoms with E-state index in [9.17, 15) is 0 Å². The highest BCUT2D eigenvalue weighted by Gasteiger charge is 2.34. The molecule has 0 spiro atoms. The molecule has 0 aromatic heterocycles. The summed E-state index contributed by atoms with van der Waals surface area (Å²) in [5, 5.41) is 0. The number of rotatable bonds is 3. The largest absolute Gasteiger partial charge is 0.381 e. The first-order chi connectivity index (χ1) is 7.31. The van der Waals surface area contributed by atoms with Gasteiger partial charge in [-0.05, 0) is 38.5 Å². The summed E-state index contributed by atoms with van der Waals surface area (Å²) in [5.74, 6) is 6.27. The lowest BCUT2D eigenvalue weighted by molar-refractivity contribution is -0.0103. The molecule has 0 aliphatic carbocycles. The van der Waals surface area contributed by atoms with Crippen molar-refractivity contribution in [2.45, 2.75) is 50.9 Å². The first-order valence-electron chi connectivity index (χ1n) is 6.00. The van der Waals surface area contributed by atoms with E-state index >= 15 is 0 Å². The van der Waals surface area contributed by atoms with Crippen molar-refractivity contribution in [3.05, 3.63) is 0 Å². The summed E-state index contributed by atoms with van der Waals surface area (Å²) in [4.78, 5) is 0. The Hall–Kier alpha value is -0.160. The van der Waals surface area contributed by atoms with Crippen LogP contribution in [0.1, 0.15) is 32.6 Å². The van der Waals surface area contributed by atoms with Crippen molar-refractivity contribution in [3.63, 3.8) is 0 Å². The number of hydrazine groups is 1. The van der Waals surface area contributed by atoms with Crippen molar-refractivity contribution in [2.24, 2.45) is 11.8 Å². The molecule has 88 valence electrons. The second-order valence-corrected chi connectivity index (χ2v) is 4.70. The highest BCUT2D eigenvalue weighted by molar-refractivity contribution is 4.87. The molecule has 3 atom stereocenters. The molecule has 4 nitrogen and oxygen atoms in total. The number of hydrogen-bond donors (Lipinski definition) is 2. The van der Waals surface area contributed by atoms with Crippen LogP contribution in [-0.2, 0) is 9.47 Å². The SMILES string of the molecule is CC1CCC(C(NN)C2CCOCC2)O1. The van der Waals surface area contributed by atoms with Crippen molar-refractivity contribution in [2.75, 3.05) is 13.2 Å². The second kappa shape index (κ2) is 5.25. The predicted octanol–water partition coefficient (Wildman–Crippen LogP) is 0.812. The van der Waals surface area contributed by atoms with E-state index in [1.165, 1.54) is 0 Å². The first-order valence-corrected chi connectivity index (χ1v) is 6.00. The third-order valence-corrected chi connectivity index (χ3v) is 3.63. The molecule has 3 unspecified atom stereocenters. The van der Waals surface area contributed by atoms with E-state index in [0.29, 0.717) is 24.2 Å². The Balaban J connectivity index is 1.90. The van der Waals surface area contributed by atoms with Crippen molar-refractivity contribution < 1.29 is 9.47 Å². The minimum absolute atomic E-state index is 0.299. The molecule has 2 rings (SSSR count). The Bertz CT molecular complexity index is 190. The molecule has 3 N–H and O–H groups in total. The molecular weight excluding hydrogens is 192 g/mol. The topological polar surface area (TPSA) is 56.5 Å². The van der Waals surface area contributed by atoms with Crippen molar-refractivity contribution in [1.82, 2.24) is 5.43 Å². The van der Waals surface area contributed by atoms with Crippen LogP contribution in [0.2, 0.25) is 0 Å². The summed E-state index contributed by atoms with van der Waals surface area (Å²) in [5.41, 5.74) is 2.95. The summed E-state index contributed by atoms with van der Waals surface area (Å²) < 4.78 is 11.3. The average molecular weight is 214 g/mol. The van der Waals surface area contributed by atoms with E-state index in [0.717, 1.165) is 38.9 Å². The van der Waals surface area contributed by atoms with Gasteiger partial charge in [0.25, 0.3) is 0 Å². The summed E-state index contributed by atoms with van der Waals surface area (Å²) in [6, 6.07) is 0.304. The van der Waals surface area contributed by atoms with Crippen LogP contribution in [0.25, 0.3) is 0 Å². The molecule has 2 aliphatic rings. The summed E-state index contributed by atoms with van der Waals surface area (Å²) in [6.07, 6.45) is 5.19. The van der Waals surface area contributed by atoms with E-state index in [2.05, 4.69) is 12.3 Å². The molecule has 15 heavy (non-hydrogen) atoms. The van der Waals surface area contributed by atoms with Crippen LogP contribution >= 0.6 is 0 Å². The van der Waals surface area contributed by atoms with Gasteiger partial charge in [-0.25, -0.2) is 0 Å². The summed E-state index contributed by atoms with van der Waals surface area (Å²) in [6.45, 7) is 3.87. The highest BCUT2D eigenvalue weighted by Crippen LogP contribution is 2.28. The van der Waals surface area contributed by atoms with Gasteiger partial charge in [0.15, 0.2) is 0 Å². The third kappa shape index (κ3) is 2.69.